The quantitative estimate of drug-likeness (QED) is 0.663. The molecule has 0 radical (unpaired) electrons. The van der Waals surface area contributed by atoms with Gasteiger partial charge in [0.15, 0.2) is 11.6 Å². The highest BCUT2D eigenvalue weighted by Crippen LogP contribution is 2.42. The van der Waals surface area contributed by atoms with Crippen molar-refractivity contribution in [2.75, 3.05) is 5.32 Å². The minimum absolute atomic E-state index is 0.105. The Hall–Kier alpha value is -2.70. The Kier molecular flexibility index (Phi) is 4.18. The number of pyridine rings is 1. The molecule has 0 fully saturated rings. The van der Waals surface area contributed by atoms with Crippen LogP contribution >= 0.6 is 23.2 Å². The number of fused-ring (bicyclic) bond motifs is 1. The number of Topliss-reactive ketones (excluding diaryl/α,β-unsaturated/α-hetero) is 1. The Balaban J connectivity index is 1.71. The van der Waals surface area contributed by atoms with Gasteiger partial charge in [0, 0.05) is 51.3 Å². The van der Waals surface area contributed by atoms with Crippen LogP contribution in [0.4, 0.5) is 5.95 Å². The van der Waals surface area contributed by atoms with Gasteiger partial charge in [0.1, 0.15) is 6.04 Å². The zero-order chi connectivity index (χ0) is 19.3. The third-order valence-electron chi connectivity index (χ3n) is 5.04. The summed E-state index contributed by atoms with van der Waals surface area (Å²) in [6, 6.07) is 8.60. The topological polar surface area (TPSA) is 72.7 Å². The maximum Gasteiger partial charge on any atom is 0.226 e. The van der Waals surface area contributed by atoms with E-state index >= 15 is 0 Å². The van der Waals surface area contributed by atoms with Crippen LogP contribution in [0.3, 0.4) is 0 Å². The molecule has 0 spiro atoms. The zero-order valence-corrected chi connectivity index (χ0v) is 16.2. The fraction of sp³-hybridized carbons (Fsp3) is 0.200. The number of allylic oxidation sites excluding steroid dienone is 2. The van der Waals surface area contributed by atoms with Gasteiger partial charge < -0.3 is 5.32 Å². The van der Waals surface area contributed by atoms with Crippen LogP contribution in [0.1, 0.15) is 30.9 Å². The predicted molar refractivity (Wildman–Crippen MR) is 107 cm³/mol. The number of aromatic nitrogens is 4. The van der Waals surface area contributed by atoms with Crippen LogP contribution in [0.15, 0.2) is 54.0 Å². The molecule has 3 aromatic rings. The van der Waals surface area contributed by atoms with Gasteiger partial charge in [-0.3, -0.25) is 9.78 Å². The number of halogens is 2. The Morgan fingerprint density at radius 2 is 2.07 bits per heavy atom. The summed E-state index contributed by atoms with van der Waals surface area (Å²) in [4.78, 5) is 21.6. The average Bonchev–Trinajstić information content (AvgIpc) is 3.12. The second kappa shape index (κ2) is 6.72. The standard InChI is InChI=1S/C20H15Cl2N5O/c21-12-6-7-13(14(22)9-12)18-17-15(4-1-5-16(17)28)24-20-25-19(26-27(18)20)11-3-2-8-23-10-11/h2-3,6-10,18H,1,4-5H2,(H,24,25,26)/t18-/m1/s1. The molecule has 1 atom stereocenters. The lowest BCUT2D eigenvalue weighted by molar-refractivity contribution is -0.116. The Labute approximate surface area is 171 Å². The molecular weight excluding hydrogens is 397 g/mol. The smallest absolute Gasteiger partial charge is 0.226 e. The van der Waals surface area contributed by atoms with Gasteiger partial charge in [-0.05, 0) is 37.1 Å². The minimum atomic E-state index is -0.443. The summed E-state index contributed by atoms with van der Waals surface area (Å²) in [5.74, 6) is 1.23. The molecule has 2 aromatic heterocycles. The molecule has 8 heteroatoms. The molecule has 3 heterocycles. The molecule has 1 aromatic carbocycles. The van der Waals surface area contributed by atoms with Crippen molar-refractivity contribution in [1.29, 1.82) is 0 Å². The van der Waals surface area contributed by atoms with Gasteiger partial charge in [0.2, 0.25) is 5.95 Å². The van der Waals surface area contributed by atoms with Gasteiger partial charge in [0.05, 0.1) is 0 Å². The molecule has 1 N–H and O–H groups in total. The number of carbonyl (C=O) groups excluding carboxylic acids is 1. The first-order chi connectivity index (χ1) is 13.6. The van der Waals surface area contributed by atoms with E-state index in [-0.39, 0.29) is 5.78 Å². The first-order valence-electron chi connectivity index (χ1n) is 8.97. The maximum atomic E-state index is 12.8. The van der Waals surface area contributed by atoms with E-state index in [0.717, 1.165) is 29.7 Å². The van der Waals surface area contributed by atoms with Crippen molar-refractivity contribution in [2.24, 2.45) is 0 Å². The van der Waals surface area contributed by atoms with E-state index in [2.05, 4.69) is 15.3 Å². The number of nitrogens with one attached hydrogen (secondary N) is 1. The fourth-order valence-electron chi connectivity index (χ4n) is 3.78. The van der Waals surface area contributed by atoms with Gasteiger partial charge >= 0.3 is 0 Å². The van der Waals surface area contributed by atoms with Gasteiger partial charge in [-0.15, -0.1) is 5.10 Å². The molecular formula is C20H15Cl2N5O. The molecule has 1 aliphatic heterocycles. The van der Waals surface area contributed by atoms with E-state index in [1.165, 1.54) is 0 Å². The molecule has 6 nitrogen and oxygen atoms in total. The van der Waals surface area contributed by atoms with Gasteiger partial charge in [0.25, 0.3) is 0 Å². The van der Waals surface area contributed by atoms with Crippen molar-refractivity contribution in [3.05, 3.63) is 69.6 Å². The molecule has 5 rings (SSSR count). The highest BCUT2D eigenvalue weighted by molar-refractivity contribution is 6.35. The highest BCUT2D eigenvalue weighted by atomic mass is 35.5. The summed E-state index contributed by atoms with van der Waals surface area (Å²) in [5, 5.41) is 9.04. The van der Waals surface area contributed by atoms with E-state index < -0.39 is 6.04 Å². The Morgan fingerprint density at radius 1 is 1.18 bits per heavy atom. The molecule has 1 aliphatic carbocycles. The van der Waals surface area contributed by atoms with E-state index in [0.29, 0.717) is 33.8 Å². The van der Waals surface area contributed by atoms with Gasteiger partial charge in [-0.1, -0.05) is 29.3 Å². The Morgan fingerprint density at radius 3 is 2.86 bits per heavy atom. The summed E-state index contributed by atoms with van der Waals surface area (Å²) >= 11 is 12.6. The van der Waals surface area contributed by atoms with Crippen LogP contribution in [0, 0.1) is 0 Å². The van der Waals surface area contributed by atoms with Gasteiger partial charge in [-0.25, -0.2) is 4.68 Å². The van der Waals surface area contributed by atoms with Crippen LogP contribution in [-0.2, 0) is 4.79 Å². The first-order valence-corrected chi connectivity index (χ1v) is 9.72. The van der Waals surface area contributed by atoms with Crippen LogP contribution in [0.25, 0.3) is 11.4 Å². The van der Waals surface area contributed by atoms with Crippen LogP contribution in [-0.4, -0.2) is 25.5 Å². The third kappa shape index (κ3) is 2.80. The SMILES string of the molecule is O=C1CCCC2=C1[C@@H](c1ccc(Cl)cc1Cl)n1nc(-c3cccnc3)nc1N2. The summed E-state index contributed by atoms with van der Waals surface area (Å²) in [6.07, 6.45) is 5.53. The third-order valence-corrected chi connectivity index (χ3v) is 5.61. The van der Waals surface area contributed by atoms with Crippen molar-refractivity contribution in [1.82, 2.24) is 19.7 Å². The van der Waals surface area contributed by atoms with Crippen LogP contribution in [0.5, 0.6) is 0 Å². The molecule has 0 amide bonds. The zero-order valence-electron chi connectivity index (χ0n) is 14.7. The first kappa shape index (κ1) is 17.4. The van der Waals surface area contributed by atoms with E-state index in [4.69, 9.17) is 28.3 Å². The van der Waals surface area contributed by atoms with E-state index in [1.54, 1.807) is 29.2 Å². The average molecular weight is 412 g/mol. The largest absolute Gasteiger partial charge is 0.328 e. The summed E-state index contributed by atoms with van der Waals surface area (Å²) < 4.78 is 1.74. The van der Waals surface area contributed by atoms with Crippen molar-refractivity contribution >= 4 is 34.9 Å². The fourth-order valence-corrected chi connectivity index (χ4v) is 4.30. The molecule has 0 bridgehead atoms. The summed E-state index contributed by atoms with van der Waals surface area (Å²) in [5.41, 5.74) is 3.17. The van der Waals surface area contributed by atoms with Crippen LogP contribution < -0.4 is 5.32 Å². The number of benzene rings is 1. The number of rotatable bonds is 2. The van der Waals surface area contributed by atoms with Crippen molar-refractivity contribution in [3.63, 3.8) is 0 Å². The molecule has 2 aliphatic rings. The molecule has 0 saturated carbocycles. The number of hydrogen-bond donors (Lipinski definition) is 1. The normalized spacial score (nSPS) is 18.5. The van der Waals surface area contributed by atoms with Crippen LogP contribution in [0.2, 0.25) is 10.0 Å². The van der Waals surface area contributed by atoms with Crippen molar-refractivity contribution < 1.29 is 4.79 Å². The monoisotopic (exact) mass is 411 g/mol. The number of ketones is 1. The summed E-state index contributed by atoms with van der Waals surface area (Å²) in [7, 11) is 0. The second-order valence-electron chi connectivity index (χ2n) is 6.81. The summed E-state index contributed by atoms with van der Waals surface area (Å²) in [6.45, 7) is 0. The predicted octanol–water partition coefficient (Wildman–Crippen LogP) is 4.67. The molecule has 0 saturated heterocycles. The second-order valence-corrected chi connectivity index (χ2v) is 7.65. The lowest BCUT2D eigenvalue weighted by Gasteiger charge is -2.32. The highest BCUT2D eigenvalue weighted by Gasteiger charge is 2.37. The number of hydrogen-bond acceptors (Lipinski definition) is 5. The molecule has 28 heavy (non-hydrogen) atoms. The Bertz CT molecular complexity index is 1120. The molecule has 140 valence electrons. The van der Waals surface area contributed by atoms with E-state index in [1.807, 2.05) is 18.2 Å². The molecule has 0 unspecified atom stereocenters. The minimum Gasteiger partial charge on any atom is -0.328 e. The van der Waals surface area contributed by atoms with Gasteiger partial charge in [-0.2, -0.15) is 4.98 Å². The number of nitrogens with zero attached hydrogens (tertiary/aromatic N) is 4. The lowest BCUT2D eigenvalue weighted by Crippen LogP contribution is -2.31. The lowest BCUT2D eigenvalue weighted by atomic mass is 9.85. The van der Waals surface area contributed by atoms with E-state index in [9.17, 15) is 4.79 Å². The number of carbonyl (C=O) groups is 1. The number of anilines is 1. The van der Waals surface area contributed by atoms with Crippen molar-refractivity contribution in [2.45, 2.75) is 25.3 Å². The van der Waals surface area contributed by atoms with Crippen molar-refractivity contribution in [3.8, 4) is 11.4 Å². The maximum absolute atomic E-state index is 12.8.